The molecule has 18 heavy (non-hydrogen) atoms. The third-order valence-corrected chi connectivity index (χ3v) is 3.64. The first-order valence-electron chi connectivity index (χ1n) is 6.11. The fourth-order valence-electron chi connectivity index (χ4n) is 2.29. The monoisotopic (exact) mass is 238 g/mol. The highest BCUT2D eigenvalue weighted by Gasteiger charge is 2.19. The topological polar surface area (TPSA) is 27.0 Å². The Balaban J connectivity index is 2.48. The maximum atomic E-state index is 9.33. The smallest absolute Gasteiger partial charge is 0.0995 e. The van der Waals surface area contributed by atoms with Crippen molar-refractivity contribution in [3.05, 3.63) is 52.6 Å². The van der Waals surface area contributed by atoms with Crippen LogP contribution in [0.15, 0.2) is 41.5 Å². The Bertz CT molecular complexity index is 571. The molecule has 1 aliphatic carbocycles. The molecule has 0 saturated heterocycles. The Labute approximate surface area is 109 Å². The lowest BCUT2D eigenvalue weighted by atomic mass is 9.90. The molecule has 0 saturated carbocycles. The van der Waals surface area contributed by atoms with E-state index in [9.17, 15) is 5.26 Å². The average molecular weight is 238 g/mol. The van der Waals surface area contributed by atoms with Crippen LogP contribution in [0, 0.1) is 11.3 Å². The summed E-state index contributed by atoms with van der Waals surface area (Å²) in [5.41, 5.74) is 5.58. The predicted molar refractivity (Wildman–Crippen MR) is 75.7 cm³/mol. The fourth-order valence-corrected chi connectivity index (χ4v) is 2.29. The highest BCUT2D eigenvalue weighted by molar-refractivity contribution is 5.58. The van der Waals surface area contributed by atoms with Crippen molar-refractivity contribution < 1.29 is 0 Å². The van der Waals surface area contributed by atoms with Gasteiger partial charge in [0.25, 0.3) is 0 Å². The van der Waals surface area contributed by atoms with Crippen LogP contribution < -0.4 is 4.90 Å². The highest BCUT2D eigenvalue weighted by atomic mass is 15.1. The van der Waals surface area contributed by atoms with Gasteiger partial charge < -0.3 is 4.90 Å². The highest BCUT2D eigenvalue weighted by Crippen LogP contribution is 2.36. The molecule has 1 aromatic rings. The van der Waals surface area contributed by atoms with Gasteiger partial charge in [-0.1, -0.05) is 29.4 Å². The number of rotatable bonds is 2. The number of anilines is 1. The summed E-state index contributed by atoms with van der Waals surface area (Å²) >= 11 is 0. The molecule has 2 rings (SSSR count). The molecular formula is C16H18N2. The molecule has 0 amide bonds. The maximum absolute atomic E-state index is 9.33. The summed E-state index contributed by atoms with van der Waals surface area (Å²) in [7, 11) is 3.97. The normalized spacial score (nSPS) is 18.1. The first-order chi connectivity index (χ1) is 8.54. The molecular weight excluding hydrogens is 220 g/mol. The van der Waals surface area contributed by atoms with Crippen molar-refractivity contribution >= 4 is 5.69 Å². The van der Waals surface area contributed by atoms with Crippen LogP contribution in [0.1, 0.15) is 30.9 Å². The first-order valence-corrected chi connectivity index (χ1v) is 6.11. The summed E-state index contributed by atoms with van der Waals surface area (Å²) in [6.07, 6.45) is 4.32. The van der Waals surface area contributed by atoms with Crippen molar-refractivity contribution in [1.29, 1.82) is 5.26 Å². The van der Waals surface area contributed by atoms with Gasteiger partial charge in [-0.25, -0.2) is 0 Å². The Morgan fingerprint density at radius 3 is 2.44 bits per heavy atom. The van der Waals surface area contributed by atoms with Crippen LogP contribution in [-0.4, -0.2) is 14.1 Å². The van der Waals surface area contributed by atoms with Crippen molar-refractivity contribution in [2.75, 3.05) is 19.0 Å². The van der Waals surface area contributed by atoms with E-state index in [4.69, 9.17) is 0 Å². The van der Waals surface area contributed by atoms with Crippen molar-refractivity contribution in [2.24, 2.45) is 0 Å². The Hall–Kier alpha value is -2.01. The molecule has 0 fully saturated rings. The molecule has 0 aromatic heterocycles. The quantitative estimate of drug-likeness (QED) is 0.787. The standard InChI is InChI=1S/C16H18N2/c1-11-5-7-15(12(11)2)16-8-6-14(18(3)4)9-13(16)10-17/h5-9,15H,1-4H3. The van der Waals surface area contributed by atoms with Crippen LogP contribution in [0.3, 0.4) is 0 Å². The van der Waals surface area contributed by atoms with Crippen molar-refractivity contribution in [3.63, 3.8) is 0 Å². The molecule has 2 heteroatoms. The molecule has 0 heterocycles. The molecule has 2 nitrogen and oxygen atoms in total. The molecule has 1 unspecified atom stereocenters. The third-order valence-electron chi connectivity index (χ3n) is 3.64. The molecule has 0 bridgehead atoms. The van der Waals surface area contributed by atoms with Crippen LogP contribution in [0.2, 0.25) is 0 Å². The largest absolute Gasteiger partial charge is 0.378 e. The summed E-state index contributed by atoms with van der Waals surface area (Å²) in [4.78, 5) is 2.02. The van der Waals surface area contributed by atoms with Crippen LogP contribution in [0.25, 0.3) is 0 Å². The Morgan fingerprint density at radius 1 is 1.22 bits per heavy atom. The molecule has 0 spiro atoms. The van der Waals surface area contributed by atoms with Crippen molar-refractivity contribution in [1.82, 2.24) is 0 Å². The minimum Gasteiger partial charge on any atom is -0.378 e. The van der Waals surface area contributed by atoms with E-state index in [0.29, 0.717) is 0 Å². The lowest BCUT2D eigenvalue weighted by molar-refractivity contribution is 0.993. The zero-order valence-electron chi connectivity index (χ0n) is 11.4. The maximum Gasteiger partial charge on any atom is 0.0995 e. The van der Waals surface area contributed by atoms with E-state index in [1.807, 2.05) is 25.1 Å². The molecule has 1 aliphatic rings. The number of allylic oxidation sites excluding steroid dienone is 4. The van der Waals surface area contributed by atoms with E-state index in [-0.39, 0.29) is 5.92 Å². The fraction of sp³-hybridized carbons (Fsp3) is 0.312. The second kappa shape index (κ2) is 4.70. The van der Waals surface area contributed by atoms with Gasteiger partial charge in [-0.05, 0) is 31.5 Å². The van der Waals surface area contributed by atoms with Gasteiger partial charge in [-0.3, -0.25) is 0 Å². The Kier molecular flexibility index (Phi) is 3.25. The number of nitrogens with zero attached hydrogens (tertiary/aromatic N) is 2. The lowest BCUT2D eigenvalue weighted by Gasteiger charge is -2.17. The van der Waals surface area contributed by atoms with Crippen LogP contribution in [-0.2, 0) is 0 Å². The van der Waals surface area contributed by atoms with Gasteiger partial charge in [0.15, 0.2) is 0 Å². The van der Waals surface area contributed by atoms with Crippen LogP contribution >= 0.6 is 0 Å². The predicted octanol–water partition coefficient (Wildman–Crippen LogP) is 3.61. The van der Waals surface area contributed by atoms with Gasteiger partial charge >= 0.3 is 0 Å². The third kappa shape index (κ3) is 2.04. The molecule has 1 atom stereocenters. The summed E-state index contributed by atoms with van der Waals surface area (Å²) in [6.45, 7) is 4.26. The van der Waals surface area contributed by atoms with E-state index < -0.39 is 0 Å². The van der Waals surface area contributed by atoms with E-state index in [0.717, 1.165) is 16.8 Å². The van der Waals surface area contributed by atoms with Gasteiger partial charge in [0, 0.05) is 25.7 Å². The van der Waals surface area contributed by atoms with Crippen LogP contribution in [0.4, 0.5) is 5.69 Å². The van der Waals surface area contributed by atoms with Gasteiger partial charge in [0.2, 0.25) is 0 Å². The van der Waals surface area contributed by atoms with E-state index in [1.165, 1.54) is 11.1 Å². The van der Waals surface area contributed by atoms with Crippen LogP contribution in [0.5, 0.6) is 0 Å². The van der Waals surface area contributed by atoms with Gasteiger partial charge in [0.1, 0.15) is 0 Å². The van der Waals surface area contributed by atoms with E-state index >= 15 is 0 Å². The molecule has 92 valence electrons. The molecule has 0 N–H and O–H groups in total. The minimum absolute atomic E-state index is 0.260. The number of hydrogen-bond donors (Lipinski definition) is 0. The minimum atomic E-state index is 0.260. The molecule has 0 radical (unpaired) electrons. The molecule has 0 aliphatic heterocycles. The van der Waals surface area contributed by atoms with E-state index in [1.54, 1.807) is 0 Å². The zero-order valence-corrected chi connectivity index (χ0v) is 11.4. The van der Waals surface area contributed by atoms with Crippen molar-refractivity contribution in [2.45, 2.75) is 19.8 Å². The average Bonchev–Trinajstić information content (AvgIpc) is 2.69. The number of nitriles is 1. The SMILES string of the molecule is CC1=C(C)C(c2ccc(N(C)C)cc2C#N)C=C1. The second-order valence-corrected chi connectivity index (χ2v) is 4.98. The second-order valence-electron chi connectivity index (χ2n) is 4.98. The summed E-state index contributed by atoms with van der Waals surface area (Å²) in [5, 5.41) is 9.33. The number of benzene rings is 1. The zero-order chi connectivity index (χ0) is 13.3. The lowest BCUT2D eigenvalue weighted by Crippen LogP contribution is -2.09. The molecule has 1 aromatic carbocycles. The number of hydrogen-bond acceptors (Lipinski definition) is 2. The van der Waals surface area contributed by atoms with Gasteiger partial charge in [-0.15, -0.1) is 0 Å². The summed E-state index contributed by atoms with van der Waals surface area (Å²) < 4.78 is 0. The Morgan fingerprint density at radius 2 is 1.94 bits per heavy atom. The van der Waals surface area contributed by atoms with Crippen molar-refractivity contribution in [3.8, 4) is 6.07 Å². The summed E-state index contributed by atoms with van der Waals surface area (Å²) in [5.74, 6) is 0.260. The van der Waals surface area contributed by atoms with E-state index in [2.05, 4.69) is 44.2 Å². The van der Waals surface area contributed by atoms with Gasteiger partial charge in [-0.2, -0.15) is 5.26 Å². The summed E-state index contributed by atoms with van der Waals surface area (Å²) in [6, 6.07) is 8.43. The first kappa shape index (κ1) is 12.4. The van der Waals surface area contributed by atoms with Gasteiger partial charge in [0.05, 0.1) is 11.6 Å².